The zero-order valence-corrected chi connectivity index (χ0v) is 40.5. The Morgan fingerprint density at radius 3 is 0.792 bits per heavy atom. The molecule has 2 aromatic heterocycles. The number of thiophene rings is 2. The van der Waals surface area contributed by atoms with Crippen molar-refractivity contribution in [1.29, 1.82) is 0 Å². The molecule has 0 bridgehead atoms. The van der Waals surface area contributed by atoms with E-state index in [-0.39, 0.29) is 0 Å². The Kier molecular flexibility index (Phi) is 8.59. The van der Waals surface area contributed by atoms with Gasteiger partial charge in [-0.2, -0.15) is 0 Å². The molecule has 0 aliphatic carbocycles. The van der Waals surface area contributed by atoms with Crippen LogP contribution in [0.1, 0.15) is 0 Å². The van der Waals surface area contributed by atoms with Crippen LogP contribution < -0.4 is 0 Å². The molecule has 332 valence electrons. The van der Waals surface area contributed by atoms with E-state index in [4.69, 9.17) is 0 Å². The number of hydrogen-bond donors (Lipinski definition) is 0. The fourth-order valence-corrected chi connectivity index (χ4v) is 15.1. The van der Waals surface area contributed by atoms with Crippen LogP contribution in [0, 0.1) is 0 Å². The van der Waals surface area contributed by atoms with E-state index in [1.54, 1.807) is 0 Å². The zero-order valence-electron chi connectivity index (χ0n) is 38.9. The first-order valence-corrected chi connectivity index (χ1v) is 26.4. The van der Waals surface area contributed by atoms with Gasteiger partial charge in [0, 0.05) is 30.9 Å². The Morgan fingerprint density at radius 2 is 0.458 bits per heavy atom. The van der Waals surface area contributed by atoms with Crippen LogP contribution in [-0.4, -0.2) is 0 Å². The van der Waals surface area contributed by atoms with Crippen molar-refractivity contribution < 1.29 is 0 Å². The van der Waals surface area contributed by atoms with Crippen LogP contribution >= 0.6 is 22.7 Å². The first-order chi connectivity index (χ1) is 35.7. The van der Waals surface area contributed by atoms with E-state index in [1.807, 2.05) is 22.7 Å². The van der Waals surface area contributed by atoms with E-state index in [1.165, 1.54) is 160 Å². The van der Waals surface area contributed by atoms with Crippen molar-refractivity contribution in [2.75, 3.05) is 0 Å². The molecule has 0 spiro atoms. The molecule has 0 radical (unpaired) electrons. The summed E-state index contributed by atoms with van der Waals surface area (Å²) in [5.74, 6) is 0. The topological polar surface area (TPSA) is 0 Å². The second-order valence-electron chi connectivity index (χ2n) is 19.4. The summed E-state index contributed by atoms with van der Waals surface area (Å²) in [6.07, 6.45) is 0. The molecule has 0 amide bonds. The average Bonchev–Trinajstić information content (AvgIpc) is 4.03. The Morgan fingerprint density at radius 1 is 0.194 bits per heavy atom. The van der Waals surface area contributed by atoms with E-state index >= 15 is 0 Å². The summed E-state index contributed by atoms with van der Waals surface area (Å²) >= 11 is 3.91. The molecule has 2 heterocycles. The van der Waals surface area contributed by atoms with Crippen molar-refractivity contribution in [3.05, 3.63) is 243 Å². The second-order valence-corrected chi connectivity index (χ2v) is 21.5. The quantitative estimate of drug-likeness (QED) is 0.154. The molecule has 0 N–H and O–H groups in total. The number of fused-ring (bicyclic) bond motifs is 16. The van der Waals surface area contributed by atoms with Gasteiger partial charge in [0.2, 0.25) is 0 Å². The van der Waals surface area contributed by atoms with Gasteiger partial charge in [0.25, 0.3) is 0 Å². The largest absolute Gasteiger partial charge is 0.134 e. The van der Waals surface area contributed by atoms with Gasteiger partial charge in [0.05, 0.1) is 9.40 Å². The highest BCUT2D eigenvalue weighted by molar-refractivity contribution is 7.34. The van der Waals surface area contributed by atoms with Crippen LogP contribution in [0.2, 0.25) is 0 Å². The highest BCUT2D eigenvalue weighted by atomic mass is 32.1. The minimum atomic E-state index is 1.25. The van der Waals surface area contributed by atoms with E-state index in [0.29, 0.717) is 0 Å². The maximum Gasteiger partial charge on any atom is 0.0540 e. The van der Waals surface area contributed by atoms with Gasteiger partial charge in [-0.15, -0.1) is 22.7 Å². The summed E-state index contributed by atoms with van der Waals surface area (Å²) in [6, 6.07) is 91.0. The van der Waals surface area contributed by atoms with Crippen molar-refractivity contribution in [3.63, 3.8) is 0 Å². The maximum atomic E-state index is 2.48. The molecule has 0 saturated carbocycles. The van der Waals surface area contributed by atoms with Gasteiger partial charge in [-0.3, -0.25) is 0 Å². The molecule has 0 saturated heterocycles. The third-order valence-electron chi connectivity index (χ3n) is 15.6. The Balaban J connectivity index is 0.903. The van der Waals surface area contributed by atoms with Crippen LogP contribution in [0.5, 0.6) is 0 Å². The van der Waals surface area contributed by atoms with Crippen molar-refractivity contribution in [1.82, 2.24) is 0 Å². The van der Waals surface area contributed by atoms with Gasteiger partial charge in [0.1, 0.15) is 0 Å². The van der Waals surface area contributed by atoms with Gasteiger partial charge in [-0.05, 0) is 144 Å². The zero-order chi connectivity index (χ0) is 47.0. The molecule has 0 aliphatic rings. The lowest BCUT2D eigenvalue weighted by Gasteiger charge is -2.18. The van der Waals surface area contributed by atoms with E-state index in [0.717, 1.165) is 0 Å². The molecule has 16 rings (SSSR count). The third-order valence-corrected chi connectivity index (χ3v) is 18.0. The van der Waals surface area contributed by atoms with Crippen LogP contribution in [-0.2, 0) is 0 Å². The van der Waals surface area contributed by atoms with E-state index in [9.17, 15) is 0 Å². The predicted octanol–water partition coefficient (Wildman–Crippen LogP) is 21.2. The van der Waals surface area contributed by atoms with Crippen LogP contribution in [0.4, 0.5) is 0 Å². The van der Waals surface area contributed by atoms with Crippen molar-refractivity contribution in [3.8, 4) is 44.5 Å². The monoisotopic (exact) mass is 944 g/mol. The lowest BCUT2D eigenvalue weighted by molar-refractivity contribution is 1.69. The molecule has 0 fully saturated rings. The summed E-state index contributed by atoms with van der Waals surface area (Å²) in [5, 5.41) is 23.2. The summed E-state index contributed by atoms with van der Waals surface area (Å²) in [4.78, 5) is 0. The Hall–Kier alpha value is -8.66. The lowest BCUT2D eigenvalue weighted by atomic mass is 9.85. The molecule has 0 unspecified atom stereocenters. The van der Waals surface area contributed by atoms with Crippen molar-refractivity contribution in [2.24, 2.45) is 0 Å². The lowest BCUT2D eigenvalue weighted by Crippen LogP contribution is -1.91. The minimum absolute atomic E-state index is 1.25. The van der Waals surface area contributed by atoms with Crippen molar-refractivity contribution in [2.45, 2.75) is 0 Å². The van der Waals surface area contributed by atoms with Crippen molar-refractivity contribution >= 4 is 138 Å². The van der Waals surface area contributed by atoms with E-state index in [2.05, 4.69) is 243 Å². The normalized spacial score (nSPS) is 12.2. The van der Waals surface area contributed by atoms with E-state index < -0.39 is 0 Å². The molecule has 0 nitrogen and oxygen atoms in total. The highest BCUT2D eigenvalue weighted by Crippen LogP contribution is 2.52. The fraction of sp³-hybridized carbons (Fsp3) is 0. The number of hydrogen-bond acceptors (Lipinski definition) is 2. The molecular weight excluding hydrogens is 905 g/mol. The fourth-order valence-electron chi connectivity index (χ4n) is 12.5. The first-order valence-electron chi connectivity index (χ1n) is 24.8. The summed E-state index contributed by atoms with van der Waals surface area (Å²) in [5.41, 5.74) is 10.2. The second kappa shape index (κ2) is 15.4. The molecule has 0 aliphatic heterocycles. The van der Waals surface area contributed by atoms with Crippen LogP contribution in [0.25, 0.3) is 160 Å². The summed E-state index contributed by atoms with van der Waals surface area (Å²) in [7, 11) is 0. The molecule has 16 aromatic rings. The molecule has 0 atom stereocenters. The van der Waals surface area contributed by atoms with Gasteiger partial charge in [-0.25, -0.2) is 0 Å². The third kappa shape index (κ3) is 5.79. The van der Waals surface area contributed by atoms with Crippen LogP contribution in [0.15, 0.2) is 243 Å². The van der Waals surface area contributed by atoms with Crippen LogP contribution in [0.3, 0.4) is 0 Å². The Labute approximate surface area is 422 Å². The van der Waals surface area contributed by atoms with Gasteiger partial charge in [0.15, 0.2) is 0 Å². The highest BCUT2D eigenvalue weighted by Gasteiger charge is 2.23. The SMILES string of the molecule is c1ccc2cc(-c3c4ccccc4c(-c4ccc5c(c4)sc4c6sc7cc(-c8c9ccccc9c(-c9ccc%10ccccc%10c9)c9ccccc89)ccc7c6c6ccccc6c54)c4ccccc34)ccc2c1. The maximum absolute atomic E-state index is 2.48. The minimum Gasteiger partial charge on any atom is -0.134 e. The molecule has 72 heavy (non-hydrogen) atoms. The summed E-state index contributed by atoms with van der Waals surface area (Å²) in [6.45, 7) is 0. The number of benzene rings is 14. The smallest absolute Gasteiger partial charge is 0.0540 e. The van der Waals surface area contributed by atoms with Gasteiger partial charge < -0.3 is 0 Å². The van der Waals surface area contributed by atoms with Gasteiger partial charge >= 0.3 is 0 Å². The first kappa shape index (κ1) is 40.1. The molecule has 14 aromatic carbocycles. The predicted molar refractivity (Wildman–Crippen MR) is 317 cm³/mol. The number of rotatable bonds is 4. The summed E-state index contributed by atoms with van der Waals surface area (Å²) < 4.78 is 5.37. The standard InChI is InChI=1S/C70H40S2/c1-3-17-43-37-45(31-29-41(43)15-1)63-49-19-5-9-23-53(49)65(54-24-10-6-20-50(54)63)47-33-35-59-61(39-47)71-69-67(59)57-27-13-14-28-58(57)68-60-36-34-48(40-62(60)72-70(68)69)66-55-25-11-7-21-51(55)64(52-22-8-12-26-56(52)66)46-32-30-42-16-2-4-18-44(42)38-46/h1-40H. The Bertz CT molecular complexity index is 4560. The molecule has 2 heteroatoms. The average molecular weight is 945 g/mol. The van der Waals surface area contributed by atoms with Gasteiger partial charge in [-0.1, -0.05) is 218 Å². The molecular formula is C70H40S2.